The molecule has 0 aromatic heterocycles. The number of hydrogen-bond acceptors (Lipinski definition) is 2. The van der Waals surface area contributed by atoms with Gasteiger partial charge in [-0.3, -0.25) is 9.59 Å². The lowest BCUT2D eigenvalue weighted by Crippen LogP contribution is -2.30. The number of benzene rings is 1. The van der Waals surface area contributed by atoms with Gasteiger partial charge in [0.15, 0.2) is 0 Å². The van der Waals surface area contributed by atoms with Gasteiger partial charge in [0.2, 0.25) is 0 Å². The predicted molar refractivity (Wildman–Crippen MR) is 82.4 cm³/mol. The summed E-state index contributed by atoms with van der Waals surface area (Å²) < 4.78 is 0. The van der Waals surface area contributed by atoms with E-state index in [1.54, 1.807) is 0 Å². The molecule has 21 heavy (non-hydrogen) atoms. The highest BCUT2D eigenvalue weighted by molar-refractivity contribution is 5.89. The Morgan fingerprint density at radius 3 is 2.24 bits per heavy atom. The summed E-state index contributed by atoms with van der Waals surface area (Å²) in [4.78, 5) is 24.0. The third-order valence-electron chi connectivity index (χ3n) is 4.86. The Morgan fingerprint density at radius 2 is 1.71 bits per heavy atom. The zero-order valence-corrected chi connectivity index (χ0v) is 13.3. The molecule has 1 aromatic rings. The molecule has 0 aliphatic heterocycles. The first kappa shape index (κ1) is 15.7. The van der Waals surface area contributed by atoms with E-state index in [1.165, 1.54) is 5.56 Å². The van der Waals surface area contributed by atoms with Crippen molar-refractivity contribution in [1.82, 2.24) is 0 Å². The van der Waals surface area contributed by atoms with E-state index < -0.39 is 11.9 Å². The maximum Gasteiger partial charge on any atom is 0.307 e. The molecular formula is C18H24O3. The molecule has 2 rings (SSSR count). The number of aliphatic carboxylic acids is 1. The number of rotatable bonds is 4. The van der Waals surface area contributed by atoms with E-state index in [0.29, 0.717) is 12.8 Å². The van der Waals surface area contributed by atoms with Crippen molar-refractivity contribution in [1.29, 1.82) is 0 Å². The third kappa shape index (κ3) is 3.17. The number of carbonyl (C=O) groups excluding carboxylic acids is 1. The Hall–Kier alpha value is -1.64. The molecule has 0 radical (unpaired) electrons. The molecule has 1 N–H and O–H groups in total. The van der Waals surface area contributed by atoms with E-state index >= 15 is 0 Å². The quantitative estimate of drug-likeness (QED) is 0.923. The molecule has 1 saturated carbocycles. The van der Waals surface area contributed by atoms with Crippen LogP contribution < -0.4 is 0 Å². The maximum absolute atomic E-state index is 12.7. The molecular weight excluding hydrogens is 264 g/mol. The van der Waals surface area contributed by atoms with Crippen LogP contribution >= 0.6 is 0 Å². The Kier molecular flexibility index (Phi) is 4.50. The zero-order valence-electron chi connectivity index (χ0n) is 13.3. The van der Waals surface area contributed by atoms with Crippen molar-refractivity contribution in [3.63, 3.8) is 0 Å². The number of Topliss-reactive ketones (excluding diaryl/α,β-unsaturated/α-hetero) is 1. The summed E-state index contributed by atoms with van der Waals surface area (Å²) >= 11 is 0. The molecule has 0 bridgehead atoms. The molecule has 0 spiro atoms. The first-order valence-electron chi connectivity index (χ1n) is 7.63. The first-order chi connectivity index (χ1) is 9.81. The Balaban J connectivity index is 2.23. The Morgan fingerprint density at radius 1 is 1.14 bits per heavy atom. The van der Waals surface area contributed by atoms with Gasteiger partial charge in [-0.2, -0.15) is 0 Å². The van der Waals surface area contributed by atoms with Gasteiger partial charge in [-0.25, -0.2) is 0 Å². The summed E-state index contributed by atoms with van der Waals surface area (Å²) in [5.74, 6) is -1.40. The van der Waals surface area contributed by atoms with Crippen molar-refractivity contribution in [3.8, 4) is 0 Å². The lowest BCUT2D eigenvalue weighted by molar-refractivity contribution is -0.146. The second kappa shape index (κ2) is 6.00. The number of aryl methyl sites for hydroxylation is 3. The van der Waals surface area contributed by atoms with Crippen LogP contribution in [0.3, 0.4) is 0 Å². The highest BCUT2D eigenvalue weighted by atomic mass is 16.4. The lowest BCUT2D eigenvalue weighted by atomic mass is 9.82. The van der Waals surface area contributed by atoms with E-state index in [2.05, 4.69) is 12.1 Å². The second-order valence-corrected chi connectivity index (χ2v) is 6.55. The molecule has 0 amide bonds. The van der Waals surface area contributed by atoms with Crippen molar-refractivity contribution in [2.75, 3.05) is 0 Å². The molecule has 114 valence electrons. The van der Waals surface area contributed by atoms with Crippen molar-refractivity contribution < 1.29 is 14.7 Å². The SMILES string of the molecule is Cc1cc(C)c(CC(=O)C2C(C)CCC2C(=O)O)c(C)c1. The van der Waals surface area contributed by atoms with Crippen LogP contribution in [0.15, 0.2) is 12.1 Å². The molecule has 3 nitrogen and oxygen atoms in total. The minimum Gasteiger partial charge on any atom is -0.481 e. The fraction of sp³-hybridized carbons (Fsp3) is 0.556. The van der Waals surface area contributed by atoms with Crippen molar-refractivity contribution in [3.05, 3.63) is 34.4 Å². The average Bonchev–Trinajstić information content (AvgIpc) is 2.75. The standard InChI is InChI=1S/C18H24O3/c1-10-7-12(3)15(13(4)8-10)9-16(19)17-11(2)5-6-14(17)18(20)21/h7-8,11,14,17H,5-6,9H2,1-4H3,(H,20,21). The van der Waals surface area contributed by atoms with Gasteiger partial charge in [0.1, 0.15) is 5.78 Å². The summed E-state index contributed by atoms with van der Waals surface area (Å²) in [6.45, 7) is 8.09. The van der Waals surface area contributed by atoms with Crippen molar-refractivity contribution >= 4 is 11.8 Å². The van der Waals surface area contributed by atoms with Gasteiger partial charge >= 0.3 is 5.97 Å². The van der Waals surface area contributed by atoms with Gasteiger partial charge < -0.3 is 5.11 Å². The van der Waals surface area contributed by atoms with E-state index in [4.69, 9.17) is 0 Å². The normalized spacial score (nSPS) is 25.0. The summed E-state index contributed by atoms with van der Waals surface area (Å²) in [6, 6.07) is 4.17. The van der Waals surface area contributed by atoms with E-state index in [9.17, 15) is 14.7 Å². The van der Waals surface area contributed by atoms with E-state index in [0.717, 1.165) is 23.1 Å². The summed E-state index contributed by atoms with van der Waals surface area (Å²) in [5, 5.41) is 9.31. The van der Waals surface area contributed by atoms with Crippen LogP contribution in [0, 0.1) is 38.5 Å². The maximum atomic E-state index is 12.7. The smallest absolute Gasteiger partial charge is 0.307 e. The molecule has 0 heterocycles. The zero-order chi connectivity index (χ0) is 15.7. The highest BCUT2D eigenvalue weighted by Gasteiger charge is 2.42. The Bertz CT molecular complexity index is 551. The number of ketones is 1. The van der Waals surface area contributed by atoms with Gasteiger partial charge in [-0.15, -0.1) is 0 Å². The van der Waals surface area contributed by atoms with Gasteiger partial charge in [0.25, 0.3) is 0 Å². The molecule has 3 heteroatoms. The van der Waals surface area contributed by atoms with Crippen LogP contribution in [0.2, 0.25) is 0 Å². The van der Waals surface area contributed by atoms with Gasteiger partial charge in [0, 0.05) is 12.3 Å². The van der Waals surface area contributed by atoms with Crippen LogP contribution in [0.4, 0.5) is 0 Å². The third-order valence-corrected chi connectivity index (χ3v) is 4.86. The molecule has 1 aromatic carbocycles. The monoisotopic (exact) mass is 288 g/mol. The summed E-state index contributed by atoms with van der Waals surface area (Å²) in [7, 11) is 0. The molecule has 3 atom stereocenters. The van der Waals surface area contributed by atoms with E-state index in [-0.39, 0.29) is 17.6 Å². The molecule has 1 aliphatic carbocycles. The first-order valence-corrected chi connectivity index (χ1v) is 7.63. The fourth-order valence-electron chi connectivity index (χ4n) is 3.80. The minimum absolute atomic E-state index is 0.0856. The van der Waals surface area contributed by atoms with Gasteiger partial charge in [0.05, 0.1) is 5.92 Å². The second-order valence-electron chi connectivity index (χ2n) is 6.55. The van der Waals surface area contributed by atoms with Crippen LogP contribution in [-0.4, -0.2) is 16.9 Å². The predicted octanol–water partition coefficient (Wildman–Crippen LogP) is 3.47. The van der Waals surface area contributed by atoms with Crippen LogP contribution in [0.25, 0.3) is 0 Å². The summed E-state index contributed by atoms with van der Waals surface area (Å²) in [6.07, 6.45) is 1.81. The van der Waals surface area contributed by atoms with Gasteiger partial charge in [-0.1, -0.05) is 24.6 Å². The number of carboxylic acids is 1. The molecule has 1 aliphatic rings. The number of carbonyl (C=O) groups is 2. The number of hydrogen-bond donors (Lipinski definition) is 1. The van der Waals surface area contributed by atoms with Crippen LogP contribution in [0.1, 0.15) is 42.0 Å². The molecule has 1 fully saturated rings. The minimum atomic E-state index is -0.824. The van der Waals surface area contributed by atoms with Crippen LogP contribution in [-0.2, 0) is 16.0 Å². The fourth-order valence-corrected chi connectivity index (χ4v) is 3.80. The number of carboxylic acid groups (broad SMARTS) is 1. The van der Waals surface area contributed by atoms with Crippen molar-refractivity contribution in [2.24, 2.45) is 17.8 Å². The summed E-state index contributed by atoms with van der Waals surface area (Å²) in [5.41, 5.74) is 4.50. The van der Waals surface area contributed by atoms with Crippen molar-refractivity contribution in [2.45, 2.75) is 47.0 Å². The highest BCUT2D eigenvalue weighted by Crippen LogP contribution is 2.38. The topological polar surface area (TPSA) is 54.4 Å². The molecule has 0 saturated heterocycles. The molecule has 3 unspecified atom stereocenters. The lowest BCUT2D eigenvalue weighted by Gasteiger charge is -2.20. The largest absolute Gasteiger partial charge is 0.481 e. The Labute approximate surface area is 126 Å². The average molecular weight is 288 g/mol. The van der Waals surface area contributed by atoms with Gasteiger partial charge in [-0.05, 0) is 56.2 Å². The van der Waals surface area contributed by atoms with E-state index in [1.807, 2.05) is 27.7 Å². The van der Waals surface area contributed by atoms with Crippen LogP contribution in [0.5, 0.6) is 0 Å².